The number of aromatic nitrogens is 1. The van der Waals surface area contributed by atoms with Crippen molar-refractivity contribution in [1.29, 1.82) is 0 Å². The lowest BCUT2D eigenvalue weighted by Crippen LogP contribution is -2.36. The highest BCUT2D eigenvalue weighted by atomic mass is 16.5. The Hall–Kier alpha value is -4.33. The number of aliphatic carboxylic acids is 1. The second-order valence-electron chi connectivity index (χ2n) is 8.14. The first-order valence-corrected chi connectivity index (χ1v) is 11.0. The number of ether oxygens (including phenoxy) is 1. The van der Waals surface area contributed by atoms with E-state index in [4.69, 9.17) is 20.2 Å². The number of nitrogens with zero attached hydrogens (tertiary/aromatic N) is 2. The van der Waals surface area contributed by atoms with Gasteiger partial charge in [-0.25, -0.2) is 0 Å². The van der Waals surface area contributed by atoms with Crippen molar-refractivity contribution in [2.24, 2.45) is 0 Å². The molecule has 8 heteroatoms. The van der Waals surface area contributed by atoms with Crippen LogP contribution in [-0.4, -0.2) is 33.1 Å². The summed E-state index contributed by atoms with van der Waals surface area (Å²) in [6.07, 6.45) is 1.36. The third-order valence-corrected chi connectivity index (χ3v) is 5.33. The molecule has 2 heterocycles. The van der Waals surface area contributed by atoms with Gasteiger partial charge in [-0.1, -0.05) is 35.5 Å². The van der Waals surface area contributed by atoms with Crippen molar-refractivity contribution in [2.75, 3.05) is 0 Å². The lowest BCUT2D eigenvalue weighted by atomic mass is 10.1. The summed E-state index contributed by atoms with van der Waals surface area (Å²) in [5, 5.41) is 12.6. The van der Waals surface area contributed by atoms with Gasteiger partial charge in [0.15, 0.2) is 5.76 Å². The molecule has 1 N–H and O–H groups in total. The number of para-hydroxylation sites is 1. The van der Waals surface area contributed by atoms with Gasteiger partial charge in [-0.2, -0.15) is 0 Å². The third kappa shape index (κ3) is 5.97. The number of carboxylic acid groups (broad SMARTS) is 1. The molecular formula is C27H26N2O6. The maximum atomic E-state index is 13.4. The minimum absolute atomic E-state index is 0.0378. The van der Waals surface area contributed by atoms with E-state index in [9.17, 15) is 9.59 Å². The normalized spacial score (nSPS) is 11.7. The Morgan fingerprint density at radius 3 is 2.57 bits per heavy atom. The van der Waals surface area contributed by atoms with Gasteiger partial charge in [0.1, 0.15) is 18.1 Å². The van der Waals surface area contributed by atoms with Crippen LogP contribution in [0, 0.1) is 0 Å². The standard InChI is InChI=1S/C27H26N2O6/c1-18(2)29(27(32)20-11-9-19(10-12-20)24-8-5-13-33-24)16-21-6-3-4-7-25(21)34-17-23-14-22(28-35-23)15-26(30)31/h3-14,18H,15-17H2,1-2H3,(H,30,31)/i18D. The molecule has 0 fully saturated rings. The molecule has 0 atom stereocenters. The molecule has 180 valence electrons. The SMILES string of the molecule is [2H]C(C)(C)N(Cc1ccccc1OCc1cc(CC(=O)O)no1)C(=O)c1ccc(-c2ccco2)cc1. The fourth-order valence-corrected chi connectivity index (χ4v) is 3.57. The molecular weight excluding hydrogens is 448 g/mol. The van der Waals surface area contributed by atoms with Gasteiger partial charge in [-0.15, -0.1) is 0 Å². The van der Waals surface area contributed by atoms with E-state index in [1.165, 1.54) is 11.0 Å². The van der Waals surface area contributed by atoms with Crippen LogP contribution in [-0.2, 0) is 24.4 Å². The quantitative estimate of drug-likeness (QED) is 0.336. The third-order valence-electron chi connectivity index (χ3n) is 5.33. The van der Waals surface area contributed by atoms with Gasteiger partial charge in [0.2, 0.25) is 0 Å². The van der Waals surface area contributed by atoms with Crippen LogP contribution < -0.4 is 4.74 Å². The van der Waals surface area contributed by atoms with Gasteiger partial charge < -0.3 is 23.7 Å². The minimum Gasteiger partial charge on any atom is -0.485 e. The van der Waals surface area contributed by atoms with Crippen LogP contribution in [0.4, 0.5) is 0 Å². The molecule has 0 unspecified atom stereocenters. The van der Waals surface area contributed by atoms with E-state index >= 15 is 0 Å². The predicted molar refractivity (Wildman–Crippen MR) is 128 cm³/mol. The molecule has 0 spiro atoms. The first-order valence-electron chi connectivity index (χ1n) is 11.5. The summed E-state index contributed by atoms with van der Waals surface area (Å²) in [5.74, 6) is 0.318. The Labute approximate surface area is 204 Å². The molecule has 0 radical (unpaired) electrons. The van der Waals surface area contributed by atoms with Crippen LogP contribution in [0.5, 0.6) is 5.75 Å². The zero-order chi connectivity index (χ0) is 25.7. The summed E-state index contributed by atoms with van der Waals surface area (Å²) in [7, 11) is 0. The molecule has 8 nitrogen and oxygen atoms in total. The second-order valence-corrected chi connectivity index (χ2v) is 8.14. The molecule has 2 aromatic carbocycles. The lowest BCUT2D eigenvalue weighted by molar-refractivity contribution is -0.136. The molecule has 0 saturated heterocycles. The highest BCUT2D eigenvalue weighted by molar-refractivity contribution is 5.94. The van der Waals surface area contributed by atoms with Crippen molar-refractivity contribution in [3.8, 4) is 17.1 Å². The summed E-state index contributed by atoms with van der Waals surface area (Å²) < 4.78 is 25.1. The fraction of sp³-hybridized carbons (Fsp3) is 0.222. The van der Waals surface area contributed by atoms with Crippen LogP contribution in [0.15, 0.2) is 81.9 Å². The molecule has 35 heavy (non-hydrogen) atoms. The average molecular weight is 476 g/mol. The van der Waals surface area contributed by atoms with Crippen molar-refractivity contribution >= 4 is 11.9 Å². The summed E-state index contributed by atoms with van der Waals surface area (Å²) >= 11 is 0. The van der Waals surface area contributed by atoms with Crippen molar-refractivity contribution < 1.29 is 29.7 Å². The highest BCUT2D eigenvalue weighted by Crippen LogP contribution is 2.25. The van der Waals surface area contributed by atoms with Crippen LogP contribution in [0.1, 0.15) is 42.6 Å². The molecule has 0 saturated carbocycles. The van der Waals surface area contributed by atoms with E-state index in [1.54, 1.807) is 50.4 Å². The lowest BCUT2D eigenvalue weighted by Gasteiger charge is -2.28. The van der Waals surface area contributed by atoms with Crippen LogP contribution in [0.2, 0.25) is 0 Å². The highest BCUT2D eigenvalue weighted by Gasteiger charge is 2.21. The summed E-state index contributed by atoms with van der Waals surface area (Å²) in [6.45, 7) is 3.50. The van der Waals surface area contributed by atoms with E-state index in [2.05, 4.69) is 5.16 Å². The van der Waals surface area contributed by atoms with E-state index in [-0.39, 0.29) is 25.5 Å². The molecule has 2 aromatic heterocycles. The van der Waals surface area contributed by atoms with Crippen molar-refractivity contribution in [3.63, 3.8) is 0 Å². The molecule has 0 aliphatic carbocycles. The van der Waals surface area contributed by atoms with Gasteiger partial charge in [0.25, 0.3) is 5.91 Å². The van der Waals surface area contributed by atoms with E-state index in [0.717, 1.165) is 5.56 Å². The van der Waals surface area contributed by atoms with Gasteiger partial charge in [-0.05, 0) is 44.2 Å². The van der Waals surface area contributed by atoms with Crippen molar-refractivity contribution in [2.45, 2.75) is 39.4 Å². The maximum absolute atomic E-state index is 13.4. The minimum atomic E-state index is -1.21. The molecule has 0 bridgehead atoms. The first kappa shape index (κ1) is 22.5. The molecule has 0 aliphatic rings. The average Bonchev–Trinajstić information content (AvgIpc) is 3.53. The van der Waals surface area contributed by atoms with Crippen LogP contribution in [0.3, 0.4) is 0 Å². The van der Waals surface area contributed by atoms with Crippen molar-refractivity contribution in [3.05, 3.63) is 95.6 Å². The number of benzene rings is 2. The van der Waals surface area contributed by atoms with Crippen LogP contribution in [0.25, 0.3) is 11.3 Å². The molecule has 4 rings (SSSR count). The predicted octanol–water partition coefficient (Wildman–Crippen LogP) is 5.19. The van der Waals surface area contributed by atoms with Gasteiger partial charge in [0, 0.05) is 35.3 Å². The maximum Gasteiger partial charge on any atom is 0.309 e. The largest absolute Gasteiger partial charge is 0.485 e. The van der Waals surface area contributed by atoms with Gasteiger partial charge >= 0.3 is 5.97 Å². The number of hydrogen-bond acceptors (Lipinski definition) is 6. The topological polar surface area (TPSA) is 106 Å². The molecule has 4 aromatic rings. The van der Waals surface area contributed by atoms with Gasteiger partial charge in [-0.3, -0.25) is 9.59 Å². The number of amides is 1. The first-order chi connectivity index (χ1) is 17.2. The number of carboxylic acids is 1. The second kappa shape index (κ2) is 10.7. The van der Waals surface area contributed by atoms with Crippen LogP contribution >= 0.6 is 0 Å². The van der Waals surface area contributed by atoms with E-state index in [0.29, 0.717) is 34.1 Å². The van der Waals surface area contributed by atoms with Crippen molar-refractivity contribution in [1.82, 2.24) is 10.1 Å². The molecule has 1 amide bonds. The fourth-order valence-electron chi connectivity index (χ4n) is 3.57. The Bertz CT molecular complexity index is 1320. The number of rotatable bonds is 10. The Kier molecular flexibility index (Phi) is 6.89. The summed E-state index contributed by atoms with van der Waals surface area (Å²) in [5.41, 5.74) is 2.33. The summed E-state index contributed by atoms with van der Waals surface area (Å²) in [6, 6.07) is 18.3. The van der Waals surface area contributed by atoms with E-state index < -0.39 is 12.0 Å². The Morgan fingerprint density at radius 2 is 1.89 bits per heavy atom. The number of hydrogen-bond donors (Lipinski definition) is 1. The number of carbonyl (C=O) groups is 2. The van der Waals surface area contributed by atoms with Gasteiger partial charge in [0.05, 0.1) is 19.7 Å². The number of carbonyl (C=O) groups excluding carboxylic acids is 1. The smallest absolute Gasteiger partial charge is 0.309 e. The zero-order valence-electron chi connectivity index (χ0n) is 20.4. The Morgan fingerprint density at radius 1 is 1.11 bits per heavy atom. The summed E-state index contributed by atoms with van der Waals surface area (Å²) in [4.78, 5) is 25.8. The number of furan rings is 1. The Balaban J connectivity index is 1.50. The van der Waals surface area contributed by atoms with E-state index in [1.807, 2.05) is 30.3 Å². The zero-order valence-corrected chi connectivity index (χ0v) is 19.4. The monoisotopic (exact) mass is 475 g/mol. The molecule has 0 aliphatic heterocycles.